The van der Waals surface area contributed by atoms with Gasteiger partial charge in [0, 0.05) is 13.1 Å². The van der Waals surface area contributed by atoms with Crippen molar-refractivity contribution in [1.82, 2.24) is 4.98 Å². The van der Waals surface area contributed by atoms with Gasteiger partial charge in [-0.2, -0.15) is 11.8 Å². The summed E-state index contributed by atoms with van der Waals surface area (Å²) in [6.07, 6.45) is 2.10. The van der Waals surface area contributed by atoms with E-state index in [0.717, 1.165) is 18.8 Å². The Kier molecular flexibility index (Phi) is 6.97. The fraction of sp³-hybridized carbons (Fsp3) is 0.583. The lowest BCUT2D eigenvalue weighted by Crippen LogP contribution is -2.15. The van der Waals surface area contributed by atoms with Gasteiger partial charge in [-0.1, -0.05) is 30.1 Å². The summed E-state index contributed by atoms with van der Waals surface area (Å²) in [4.78, 5) is 4.40. The Bertz CT molecular complexity index is 388. The fourth-order valence-corrected chi connectivity index (χ4v) is 2.68. The van der Waals surface area contributed by atoms with E-state index in [2.05, 4.69) is 28.8 Å². The molecule has 0 aliphatic rings. The van der Waals surface area contributed by atoms with Gasteiger partial charge in [0.2, 0.25) is 0 Å². The predicted octanol–water partition coefficient (Wildman–Crippen LogP) is 4.23. The Hall–Kier alpha value is -0.320. The van der Waals surface area contributed by atoms with Gasteiger partial charge < -0.3 is 10.6 Å². The number of nitrogens with zero attached hydrogens (tertiary/aromatic N) is 1. The molecule has 102 valence electrons. The number of hydrogen-bond donors (Lipinski definition) is 2. The van der Waals surface area contributed by atoms with Crippen molar-refractivity contribution in [3.05, 3.63) is 16.1 Å². The van der Waals surface area contributed by atoms with Crippen molar-refractivity contribution in [2.75, 3.05) is 35.7 Å². The van der Waals surface area contributed by atoms with Crippen molar-refractivity contribution in [3.63, 3.8) is 0 Å². The van der Waals surface area contributed by atoms with Crippen molar-refractivity contribution >= 4 is 46.6 Å². The van der Waals surface area contributed by atoms with Gasteiger partial charge in [-0.15, -0.1) is 0 Å². The molecule has 0 spiro atoms. The predicted molar refractivity (Wildman–Crippen MR) is 84.5 cm³/mol. The van der Waals surface area contributed by atoms with E-state index in [-0.39, 0.29) is 0 Å². The molecule has 18 heavy (non-hydrogen) atoms. The Balaban J connectivity index is 2.72. The van der Waals surface area contributed by atoms with Crippen LogP contribution in [0.1, 0.15) is 13.8 Å². The van der Waals surface area contributed by atoms with Gasteiger partial charge in [-0.05, 0) is 30.9 Å². The lowest BCUT2D eigenvalue weighted by molar-refractivity contribution is 0.700. The molecule has 2 N–H and O–H groups in total. The first-order valence-corrected chi connectivity index (χ1v) is 8.06. The van der Waals surface area contributed by atoms with E-state index >= 15 is 0 Å². The highest BCUT2D eigenvalue weighted by molar-refractivity contribution is 7.98. The third kappa shape index (κ3) is 4.75. The average Bonchev–Trinajstić information content (AvgIpc) is 2.31. The summed E-state index contributed by atoms with van der Waals surface area (Å²) in [7, 11) is 0. The number of nitrogens with one attached hydrogen (secondary N) is 2. The third-order valence-corrected chi connectivity index (χ3v) is 3.82. The monoisotopic (exact) mass is 307 g/mol. The second kappa shape index (κ2) is 7.97. The molecule has 0 saturated carbocycles. The molecule has 0 fully saturated rings. The summed E-state index contributed by atoms with van der Waals surface area (Å²) in [6.45, 7) is 5.82. The van der Waals surface area contributed by atoms with Gasteiger partial charge in [0.05, 0.1) is 10.0 Å². The molecule has 1 aromatic rings. The Morgan fingerprint density at radius 1 is 1.28 bits per heavy atom. The van der Waals surface area contributed by atoms with Crippen molar-refractivity contribution in [2.24, 2.45) is 5.92 Å². The smallest absolute Gasteiger partial charge is 0.147 e. The minimum atomic E-state index is 0.546. The Labute approximate surface area is 123 Å². The molecule has 0 bridgehead atoms. The molecule has 0 amide bonds. The minimum Gasteiger partial charge on any atom is -0.369 e. The summed E-state index contributed by atoms with van der Waals surface area (Å²) < 4.78 is 0. The summed E-state index contributed by atoms with van der Waals surface area (Å²) >= 11 is 14.0. The van der Waals surface area contributed by atoms with Crippen LogP contribution in [0.25, 0.3) is 0 Å². The Morgan fingerprint density at radius 2 is 1.89 bits per heavy atom. The maximum absolute atomic E-state index is 6.12. The number of pyridine rings is 1. The number of anilines is 2. The summed E-state index contributed by atoms with van der Waals surface area (Å²) in [5.41, 5.74) is 0. The van der Waals surface area contributed by atoms with E-state index < -0.39 is 0 Å². The number of rotatable bonds is 7. The molecule has 0 aliphatic carbocycles. The highest BCUT2D eigenvalue weighted by Gasteiger charge is 2.09. The number of aromatic nitrogens is 1. The van der Waals surface area contributed by atoms with Gasteiger partial charge in [-0.25, -0.2) is 4.98 Å². The van der Waals surface area contributed by atoms with Gasteiger partial charge >= 0.3 is 0 Å². The van der Waals surface area contributed by atoms with Crippen LogP contribution in [0.3, 0.4) is 0 Å². The number of halogens is 2. The SMILES string of the molecule is CCNc1nc(NCC(C)CSC)c(Cl)cc1Cl. The van der Waals surface area contributed by atoms with Crippen molar-refractivity contribution < 1.29 is 0 Å². The second-order valence-electron chi connectivity index (χ2n) is 4.12. The summed E-state index contributed by atoms with van der Waals surface area (Å²) in [6, 6.07) is 1.72. The third-order valence-electron chi connectivity index (χ3n) is 2.34. The zero-order valence-electron chi connectivity index (χ0n) is 10.9. The summed E-state index contributed by atoms with van der Waals surface area (Å²) in [5, 5.41) is 7.48. The van der Waals surface area contributed by atoms with Gasteiger partial charge in [-0.3, -0.25) is 0 Å². The molecule has 1 atom stereocenters. The highest BCUT2D eigenvalue weighted by Crippen LogP contribution is 2.29. The number of hydrogen-bond acceptors (Lipinski definition) is 4. The molecular formula is C12H19Cl2N3S. The van der Waals surface area contributed by atoms with Crippen molar-refractivity contribution in [1.29, 1.82) is 0 Å². The van der Waals surface area contributed by atoms with E-state index in [0.29, 0.717) is 27.6 Å². The van der Waals surface area contributed by atoms with Crippen LogP contribution in [0.15, 0.2) is 6.07 Å². The standard InChI is InChI=1S/C12H19Cl2N3S/c1-4-15-11-9(13)5-10(14)12(17-11)16-6-8(2)7-18-3/h5,8H,4,6-7H2,1-3H3,(H2,15,16,17). The molecule has 0 saturated heterocycles. The maximum atomic E-state index is 6.12. The van der Waals surface area contributed by atoms with Gasteiger partial charge in [0.1, 0.15) is 11.6 Å². The molecule has 1 unspecified atom stereocenters. The molecule has 0 radical (unpaired) electrons. The minimum absolute atomic E-state index is 0.546. The van der Waals surface area contributed by atoms with Crippen LogP contribution in [0, 0.1) is 5.92 Å². The van der Waals surface area contributed by atoms with Crippen LogP contribution < -0.4 is 10.6 Å². The van der Waals surface area contributed by atoms with E-state index in [4.69, 9.17) is 23.2 Å². The van der Waals surface area contributed by atoms with E-state index in [1.807, 2.05) is 18.7 Å². The molecule has 1 rings (SSSR count). The zero-order chi connectivity index (χ0) is 13.5. The van der Waals surface area contributed by atoms with E-state index in [1.54, 1.807) is 6.07 Å². The van der Waals surface area contributed by atoms with Gasteiger partial charge in [0.15, 0.2) is 0 Å². The topological polar surface area (TPSA) is 37.0 Å². The Morgan fingerprint density at radius 3 is 2.44 bits per heavy atom. The maximum Gasteiger partial charge on any atom is 0.147 e. The molecule has 1 aromatic heterocycles. The summed E-state index contributed by atoms with van der Waals surface area (Å²) in [5.74, 6) is 3.03. The first-order valence-electron chi connectivity index (χ1n) is 5.91. The fourth-order valence-electron chi connectivity index (χ4n) is 1.50. The molecule has 0 aliphatic heterocycles. The zero-order valence-corrected chi connectivity index (χ0v) is 13.2. The van der Waals surface area contributed by atoms with Crippen molar-refractivity contribution in [3.8, 4) is 0 Å². The van der Waals surface area contributed by atoms with Crippen LogP contribution >= 0.6 is 35.0 Å². The molecular weight excluding hydrogens is 289 g/mol. The molecule has 6 heteroatoms. The van der Waals surface area contributed by atoms with Crippen LogP contribution in [-0.4, -0.2) is 30.1 Å². The highest BCUT2D eigenvalue weighted by atomic mass is 35.5. The van der Waals surface area contributed by atoms with Gasteiger partial charge in [0.25, 0.3) is 0 Å². The van der Waals surface area contributed by atoms with Crippen molar-refractivity contribution in [2.45, 2.75) is 13.8 Å². The van der Waals surface area contributed by atoms with Crippen LogP contribution in [0.5, 0.6) is 0 Å². The first kappa shape index (κ1) is 15.7. The average molecular weight is 308 g/mol. The number of thioether (sulfide) groups is 1. The van der Waals surface area contributed by atoms with Crippen LogP contribution in [0.4, 0.5) is 11.6 Å². The molecule has 3 nitrogen and oxygen atoms in total. The first-order chi connectivity index (χ1) is 8.58. The van der Waals surface area contributed by atoms with E-state index in [9.17, 15) is 0 Å². The lowest BCUT2D eigenvalue weighted by atomic mass is 10.2. The normalized spacial score (nSPS) is 12.3. The van der Waals surface area contributed by atoms with E-state index in [1.165, 1.54) is 0 Å². The molecule has 0 aromatic carbocycles. The largest absolute Gasteiger partial charge is 0.369 e. The lowest BCUT2D eigenvalue weighted by Gasteiger charge is -2.14. The quantitative estimate of drug-likeness (QED) is 0.790. The van der Waals surface area contributed by atoms with Crippen LogP contribution in [0.2, 0.25) is 10.0 Å². The second-order valence-corrected chi connectivity index (χ2v) is 5.85. The molecule has 1 heterocycles. The van der Waals surface area contributed by atoms with Crippen LogP contribution in [-0.2, 0) is 0 Å².